The molecule has 18 heavy (non-hydrogen) atoms. The Hall–Kier alpha value is -0.590. The number of anilines is 1. The van der Waals surface area contributed by atoms with Crippen LogP contribution in [0.4, 0.5) is 5.69 Å². The zero-order valence-corrected chi connectivity index (χ0v) is 12.6. The first-order chi connectivity index (χ1) is 8.49. The Balaban J connectivity index is 2.18. The van der Waals surface area contributed by atoms with Crippen molar-refractivity contribution in [1.82, 2.24) is 0 Å². The highest BCUT2D eigenvalue weighted by atomic mass is 79.9. The lowest BCUT2D eigenvalue weighted by Crippen LogP contribution is -2.33. The van der Waals surface area contributed by atoms with Crippen molar-refractivity contribution in [1.29, 1.82) is 0 Å². The van der Waals surface area contributed by atoms with Crippen molar-refractivity contribution >= 4 is 31.6 Å². The van der Waals surface area contributed by atoms with Crippen LogP contribution in [0.1, 0.15) is 18.4 Å². The van der Waals surface area contributed by atoms with E-state index >= 15 is 0 Å². The second-order valence-corrected chi connectivity index (χ2v) is 7.26. The van der Waals surface area contributed by atoms with Crippen LogP contribution in [0, 0.1) is 6.92 Å². The minimum atomic E-state index is -3.34. The SMILES string of the molecule is Cc1ccc(Br)c(NS(=O)(=O)C2CCOCC2)c1. The molecule has 0 atom stereocenters. The van der Waals surface area contributed by atoms with Crippen LogP contribution >= 0.6 is 15.9 Å². The van der Waals surface area contributed by atoms with Crippen LogP contribution in [0.5, 0.6) is 0 Å². The van der Waals surface area contributed by atoms with Gasteiger partial charge in [0.05, 0.1) is 10.9 Å². The van der Waals surface area contributed by atoms with E-state index in [0.717, 1.165) is 10.0 Å². The highest BCUT2D eigenvalue weighted by Crippen LogP contribution is 2.26. The fourth-order valence-electron chi connectivity index (χ4n) is 1.94. The lowest BCUT2D eigenvalue weighted by atomic mass is 10.2. The zero-order chi connectivity index (χ0) is 13.2. The monoisotopic (exact) mass is 333 g/mol. The first kappa shape index (κ1) is 13.8. The first-order valence-corrected chi connectivity index (χ1v) is 8.18. The normalized spacial score (nSPS) is 17.7. The molecular weight excluding hydrogens is 318 g/mol. The average Bonchev–Trinajstić information content (AvgIpc) is 2.35. The Bertz CT molecular complexity index is 524. The lowest BCUT2D eigenvalue weighted by Gasteiger charge is -2.23. The maximum atomic E-state index is 12.2. The van der Waals surface area contributed by atoms with Crippen molar-refractivity contribution in [3.05, 3.63) is 28.2 Å². The summed E-state index contributed by atoms with van der Waals surface area (Å²) in [4.78, 5) is 0. The molecule has 1 N–H and O–H groups in total. The predicted octanol–water partition coefficient (Wildman–Crippen LogP) is 2.68. The third-order valence-electron chi connectivity index (χ3n) is 2.98. The molecule has 4 nitrogen and oxygen atoms in total. The predicted molar refractivity (Wildman–Crippen MR) is 75.3 cm³/mol. The molecule has 1 fully saturated rings. The van der Waals surface area contributed by atoms with Gasteiger partial charge in [0.1, 0.15) is 0 Å². The third kappa shape index (κ3) is 3.24. The van der Waals surface area contributed by atoms with Gasteiger partial charge in [-0.3, -0.25) is 4.72 Å². The number of benzene rings is 1. The molecule has 1 aromatic carbocycles. The number of hydrogen-bond acceptors (Lipinski definition) is 3. The fraction of sp³-hybridized carbons (Fsp3) is 0.500. The molecule has 2 rings (SSSR count). The van der Waals surface area contributed by atoms with E-state index in [9.17, 15) is 8.42 Å². The maximum Gasteiger partial charge on any atom is 0.235 e. The van der Waals surface area contributed by atoms with Crippen molar-refractivity contribution in [2.45, 2.75) is 25.0 Å². The third-order valence-corrected chi connectivity index (χ3v) is 5.53. The summed E-state index contributed by atoms with van der Waals surface area (Å²) in [6, 6.07) is 5.59. The summed E-state index contributed by atoms with van der Waals surface area (Å²) >= 11 is 3.36. The van der Waals surface area contributed by atoms with E-state index in [0.29, 0.717) is 31.7 Å². The highest BCUT2D eigenvalue weighted by molar-refractivity contribution is 9.10. The van der Waals surface area contributed by atoms with Gasteiger partial charge in [-0.05, 0) is 53.4 Å². The molecule has 1 saturated heterocycles. The minimum Gasteiger partial charge on any atom is -0.381 e. The molecule has 0 spiro atoms. The molecule has 0 saturated carbocycles. The number of sulfonamides is 1. The molecule has 100 valence electrons. The summed E-state index contributed by atoms with van der Waals surface area (Å²) in [6.07, 6.45) is 1.11. The van der Waals surface area contributed by atoms with Crippen molar-refractivity contribution in [2.75, 3.05) is 17.9 Å². The van der Waals surface area contributed by atoms with Crippen LogP contribution in [0.25, 0.3) is 0 Å². The van der Waals surface area contributed by atoms with Gasteiger partial charge in [0, 0.05) is 17.7 Å². The summed E-state index contributed by atoms with van der Waals surface area (Å²) in [7, 11) is -3.34. The smallest absolute Gasteiger partial charge is 0.235 e. The van der Waals surface area contributed by atoms with Gasteiger partial charge in [-0.15, -0.1) is 0 Å². The van der Waals surface area contributed by atoms with Crippen LogP contribution in [-0.4, -0.2) is 26.9 Å². The minimum absolute atomic E-state index is 0.362. The molecule has 0 amide bonds. The largest absolute Gasteiger partial charge is 0.381 e. The van der Waals surface area contributed by atoms with Gasteiger partial charge in [-0.25, -0.2) is 8.42 Å². The summed E-state index contributed by atoms with van der Waals surface area (Å²) in [5, 5.41) is -0.362. The Kier molecular flexibility index (Phi) is 4.29. The van der Waals surface area contributed by atoms with Gasteiger partial charge in [0.2, 0.25) is 10.0 Å². The number of hydrogen-bond donors (Lipinski definition) is 1. The Morgan fingerprint density at radius 1 is 1.33 bits per heavy atom. The number of aryl methyl sites for hydroxylation is 1. The van der Waals surface area contributed by atoms with E-state index in [2.05, 4.69) is 20.7 Å². The molecule has 1 aliphatic rings. The molecule has 0 radical (unpaired) electrons. The quantitative estimate of drug-likeness (QED) is 0.925. The zero-order valence-electron chi connectivity index (χ0n) is 10.1. The summed E-state index contributed by atoms with van der Waals surface area (Å²) in [5.74, 6) is 0. The van der Waals surface area contributed by atoms with E-state index in [1.807, 2.05) is 25.1 Å². The van der Waals surface area contributed by atoms with Crippen LogP contribution < -0.4 is 4.72 Å². The van der Waals surface area contributed by atoms with Gasteiger partial charge in [-0.1, -0.05) is 6.07 Å². The van der Waals surface area contributed by atoms with E-state index < -0.39 is 10.0 Å². The second kappa shape index (κ2) is 5.59. The highest BCUT2D eigenvalue weighted by Gasteiger charge is 2.28. The molecular formula is C12H16BrNO3S. The van der Waals surface area contributed by atoms with Gasteiger partial charge in [0.15, 0.2) is 0 Å². The second-order valence-electron chi connectivity index (χ2n) is 4.44. The molecule has 0 bridgehead atoms. The van der Waals surface area contributed by atoms with Crippen molar-refractivity contribution in [3.63, 3.8) is 0 Å². The summed E-state index contributed by atoms with van der Waals surface area (Å²) in [6.45, 7) is 2.96. The Morgan fingerprint density at radius 3 is 2.67 bits per heavy atom. The average molecular weight is 334 g/mol. The lowest BCUT2D eigenvalue weighted by molar-refractivity contribution is 0.0984. The van der Waals surface area contributed by atoms with Gasteiger partial charge in [-0.2, -0.15) is 0 Å². The first-order valence-electron chi connectivity index (χ1n) is 5.84. The van der Waals surface area contributed by atoms with Crippen LogP contribution in [0.3, 0.4) is 0 Å². The molecule has 1 heterocycles. The fourth-order valence-corrected chi connectivity index (χ4v) is 3.87. The Morgan fingerprint density at radius 2 is 2.00 bits per heavy atom. The van der Waals surface area contributed by atoms with E-state index in [4.69, 9.17) is 4.74 Å². The van der Waals surface area contributed by atoms with E-state index in [1.165, 1.54) is 0 Å². The number of nitrogens with one attached hydrogen (secondary N) is 1. The summed E-state index contributed by atoms with van der Waals surface area (Å²) < 4.78 is 33.1. The van der Waals surface area contributed by atoms with Crippen molar-refractivity contribution < 1.29 is 13.2 Å². The van der Waals surface area contributed by atoms with Crippen LogP contribution in [-0.2, 0) is 14.8 Å². The molecule has 0 aliphatic carbocycles. The van der Waals surface area contributed by atoms with Gasteiger partial charge < -0.3 is 4.74 Å². The molecule has 1 aliphatic heterocycles. The van der Waals surface area contributed by atoms with Crippen LogP contribution in [0.15, 0.2) is 22.7 Å². The topological polar surface area (TPSA) is 55.4 Å². The van der Waals surface area contributed by atoms with E-state index in [1.54, 1.807) is 0 Å². The number of halogens is 1. The van der Waals surface area contributed by atoms with Crippen molar-refractivity contribution in [3.8, 4) is 0 Å². The standard InChI is InChI=1S/C12H16BrNO3S/c1-9-2-3-11(13)12(8-9)14-18(15,16)10-4-6-17-7-5-10/h2-3,8,10,14H,4-7H2,1H3. The van der Waals surface area contributed by atoms with Crippen molar-refractivity contribution in [2.24, 2.45) is 0 Å². The van der Waals surface area contributed by atoms with Gasteiger partial charge in [0.25, 0.3) is 0 Å². The number of ether oxygens (including phenoxy) is 1. The van der Waals surface area contributed by atoms with Crippen LogP contribution in [0.2, 0.25) is 0 Å². The van der Waals surface area contributed by atoms with E-state index in [-0.39, 0.29) is 5.25 Å². The molecule has 6 heteroatoms. The Labute approximate surface area is 116 Å². The molecule has 1 aromatic rings. The number of rotatable bonds is 3. The van der Waals surface area contributed by atoms with Gasteiger partial charge >= 0.3 is 0 Å². The maximum absolute atomic E-state index is 12.2. The molecule has 0 aromatic heterocycles. The molecule has 0 unspecified atom stereocenters. The summed E-state index contributed by atoms with van der Waals surface area (Å²) in [5.41, 5.74) is 1.62.